The number of aliphatic carboxylic acids is 1. The van der Waals surface area contributed by atoms with E-state index in [1.54, 1.807) is 0 Å². The van der Waals surface area contributed by atoms with Crippen molar-refractivity contribution in [3.8, 4) is 0 Å². The van der Waals surface area contributed by atoms with Crippen LogP contribution >= 0.6 is 0 Å². The Morgan fingerprint density at radius 2 is 1.59 bits per heavy atom. The molecule has 2 aliphatic heterocycles. The Kier molecular flexibility index (Phi) is 4.87. The number of benzene rings is 1. The summed E-state index contributed by atoms with van der Waals surface area (Å²) >= 11 is 0. The van der Waals surface area contributed by atoms with Crippen LogP contribution in [0, 0.1) is 11.8 Å². The molecule has 0 aromatic heterocycles. The molecular weight excluding hydrogens is 342 g/mol. The summed E-state index contributed by atoms with van der Waals surface area (Å²) in [7, 11) is 0. The molecule has 0 saturated carbocycles. The topological polar surface area (TPSA) is 75.6 Å². The van der Waals surface area contributed by atoms with Crippen LogP contribution in [0.4, 0.5) is 5.69 Å². The highest BCUT2D eigenvalue weighted by Crippen LogP contribution is 2.44. The van der Waals surface area contributed by atoms with Crippen molar-refractivity contribution in [2.45, 2.75) is 77.4 Å². The molecule has 0 radical (unpaired) electrons. The van der Waals surface area contributed by atoms with Crippen LogP contribution in [0.3, 0.4) is 0 Å². The average molecular weight is 373 g/mol. The molecule has 2 N–H and O–H groups in total. The first-order valence-electron chi connectivity index (χ1n) is 9.74. The van der Waals surface area contributed by atoms with E-state index in [0.29, 0.717) is 0 Å². The molecular formula is C22H31NO4. The third-order valence-electron chi connectivity index (χ3n) is 5.81. The standard InChI is InChI=1S/C22H31NO4/c1-21(2,3)12-7-8-14(13(11-12)22(4,5)6)23-19(24)17-15-9-10-16(27-15)18(17)20(25)26/h7-8,11,15-18H,9-10H2,1-6H3,(H,23,24)(H,25,26). The molecule has 2 fully saturated rings. The third kappa shape index (κ3) is 3.75. The van der Waals surface area contributed by atoms with E-state index in [0.717, 1.165) is 24.1 Å². The lowest BCUT2D eigenvalue weighted by Crippen LogP contribution is -2.41. The summed E-state index contributed by atoms with van der Waals surface area (Å²) in [6.07, 6.45) is 0.845. The Morgan fingerprint density at radius 1 is 1.00 bits per heavy atom. The van der Waals surface area contributed by atoms with Gasteiger partial charge < -0.3 is 15.2 Å². The largest absolute Gasteiger partial charge is 0.481 e. The Labute approximate surface area is 161 Å². The maximum Gasteiger partial charge on any atom is 0.310 e. The molecule has 1 amide bonds. The van der Waals surface area contributed by atoms with E-state index in [4.69, 9.17) is 4.74 Å². The van der Waals surface area contributed by atoms with E-state index in [9.17, 15) is 14.7 Å². The van der Waals surface area contributed by atoms with Gasteiger partial charge in [-0.3, -0.25) is 9.59 Å². The molecule has 0 aliphatic carbocycles. The number of amides is 1. The smallest absolute Gasteiger partial charge is 0.310 e. The molecule has 3 rings (SSSR count). The van der Waals surface area contributed by atoms with Crippen LogP contribution in [0.25, 0.3) is 0 Å². The first kappa shape index (κ1) is 19.9. The van der Waals surface area contributed by atoms with Gasteiger partial charge in [0.15, 0.2) is 0 Å². The maximum absolute atomic E-state index is 13.0. The highest BCUT2D eigenvalue weighted by atomic mass is 16.5. The number of hydrogen-bond donors (Lipinski definition) is 2. The van der Waals surface area contributed by atoms with E-state index < -0.39 is 17.8 Å². The minimum Gasteiger partial charge on any atom is -0.481 e. The van der Waals surface area contributed by atoms with Gasteiger partial charge >= 0.3 is 5.97 Å². The number of carbonyl (C=O) groups excluding carboxylic acids is 1. The number of hydrogen-bond acceptors (Lipinski definition) is 3. The number of carbonyl (C=O) groups is 2. The molecule has 2 aliphatic rings. The lowest BCUT2D eigenvalue weighted by Gasteiger charge is -2.29. The van der Waals surface area contributed by atoms with Crippen LogP contribution in [-0.2, 0) is 25.2 Å². The summed E-state index contributed by atoms with van der Waals surface area (Å²) in [6.45, 7) is 12.8. The first-order chi connectivity index (χ1) is 12.4. The van der Waals surface area contributed by atoms with Gasteiger partial charge in [0, 0.05) is 5.69 Å². The average Bonchev–Trinajstić information content (AvgIpc) is 3.13. The monoisotopic (exact) mass is 373 g/mol. The summed E-state index contributed by atoms with van der Waals surface area (Å²) in [5.74, 6) is -2.57. The quantitative estimate of drug-likeness (QED) is 0.836. The summed E-state index contributed by atoms with van der Waals surface area (Å²) in [5.41, 5.74) is 2.88. The van der Waals surface area contributed by atoms with E-state index in [2.05, 4.69) is 52.9 Å². The molecule has 4 unspecified atom stereocenters. The Morgan fingerprint density at radius 3 is 2.11 bits per heavy atom. The summed E-state index contributed by atoms with van der Waals surface area (Å²) in [5, 5.41) is 12.6. The molecule has 2 heterocycles. The van der Waals surface area contributed by atoms with Gasteiger partial charge in [-0.1, -0.05) is 53.7 Å². The number of fused-ring (bicyclic) bond motifs is 2. The molecule has 4 atom stereocenters. The van der Waals surface area contributed by atoms with Crippen LogP contribution in [0.1, 0.15) is 65.5 Å². The summed E-state index contributed by atoms with van der Waals surface area (Å²) in [6, 6.07) is 6.14. The van der Waals surface area contributed by atoms with E-state index in [1.807, 2.05) is 12.1 Å². The normalized spacial score (nSPS) is 27.6. The number of ether oxygens (including phenoxy) is 1. The summed E-state index contributed by atoms with van der Waals surface area (Å²) in [4.78, 5) is 24.7. The van der Waals surface area contributed by atoms with Crippen molar-refractivity contribution in [2.75, 3.05) is 5.32 Å². The van der Waals surface area contributed by atoms with E-state index in [1.165, 1.54) is 5.56 Å². The molecule has 2 bridgehead atoms. The van der Waals surface area contributed by atoms with E-state index >= 15 is 0 Å². The zero-order chi connectivity index (χ0) is 20.1. The second-order valence-corrected chi connectivity index (χ2v) is 9.93. The van der Waals surface area contributed by atoms with Gasteiger partial charge in [-0.2, -0.15) is 0 Å². The van der Waals surface area contributed by atoms with E-state index in [-0.39, 0.29) is 28.9 Å². The number of carboxylic acid groups (broad SMARTS) is 1. The maximum atomic E-state index is 13.0. The molecule has 2 saturated heterocycles. The lowest BCUT2D eigenvalue weighted by molar-refractivity contribution is -0.147. The fraction of sp³-hybridized carbons (Fsp3) is 0.636. The van der Waals surface area contributed by atoms with Gasteiger partial charge in [0.2, 0.25) is 5.91 Å². The van der Waals surface area contributed by atoms with Crippen molar-refractivity contribution in [3.05, 3.63) is 29.3 Å². The minimum absolute atomic E-state index is 0.00931. The first-order valence-corrected chi connectivity index (χ1v) is 9.74. The molecule has 27 heavy (non-hydrogen) atoms. The number of nitrogens with one attached hydrogen (secondary N) is 1. The van der Waals surface area contributed by atoms with Gasteiger partial charge in [-0.05, 0) is 40.9 Å². The van der Waals surface area contributed by atoms with Crippen molar-refractivity contribution >= 4 is 17.6 Å². The van der Waals surface area contributed by atoms with Crippen molar-refractivity contribution < 1.29 is 19.4 Å². The predicted molar refractivity (Wildman–Crippen MR) is 105 cm³/mol. The molecule has 1 aromatic carbocycles. The number of rotatable bonds is 3. The highest BCUT2D eigenvalue weighted by Gasteiger charge is 2.55. The predicted octanol–water partition coefficient (Wildman–Crippen LogP) is 4.10. The zero-order valence-corrected chi connectivity index (χ0v) is 17.1. The zero-order valence-electron chi connectivity index (χ0n) is 17.1. The van der Waals surface area contributed by atoms with Gasteiger partial charge in [0.05, 0.1) is 24.0 Å². The fourth-order valence-electron chi connectivity index (χ4n) is 4.28. The Balaban J connectivity index is 1.91. The van der Waals surface area contributed by atoms with Crippen LogP contribution in [0.15, 0.2) is 18.2 Å². The SMILES string of the molecule is CC(C)(C)c1ccc(NC(=O)C2C3CCC(O3)C2C(=O)O)c(C(C)(C)C)c1. The lowest BCUT2D eigenvalue weighted by atomic mass is 9.78. The number of carboxylic acids is 1. The van der Waals surface area contributed by atoms with Crippen LogP contribution in [0.5, 0.6) is 0 Å². The molecule has 148 valence electrons. The van der Waals surface area contributed by atoms with Gasteiger partial charge in [0.1, 0.15) is 0 Å². The highest BCUT2D eigenvalue weighted by molar-refractivity contribution is 5.97. The molecule has 1 aromatic rings. The molecule has 0 spiro atoms. The van der Waals surface area contributed by atoms with Crippen molar-refractivity contribution in [2.24, 2.45) is 11.8 Å². The van der Waals surface area contributed by atoms with Gasteiger partial charge in [0.25, 0.3) is 0 Å². The summed E-state index contributed by atoms with van der Waals surface area (Å²) < 4.78 is 5.74. The second-order valence-electron chi connectivity index (χ2n) is 9.93. The van der Waals surface area contributed by atoms with Crippen LogP contribution in [-0.4, -0.2) is 29.2 Å². The minimum atomic E-state index is -0.943. The fourth-order valence-corrected chi connectivity index (χ4v) is 4.28. The van der Waals surface area contributed by atoms with Crippen LogP contribution in [0.2, 0.25) is 0 Å². The molecule has 5 nitrogen and oxygen atoms in total. The van der Waals surface area contributed by atoms with Crippen molar-refractivity contribution in [1.29, 1.82) is 0 Å². The molecule has 5 heteroatoms. The Hall–Kier alpha value is -1.88. The second kappa shape index (κ2) is 6.62. The third-order valence-corrected chi connectivity index (χ3v) is 5.81. The van der Waals surface area contributed by atoms with Gasteiger partial charge in [-0.15, -0.1) is 0 Å². The van der Waals surface area contributed by atoms with Crippen molar-refractivity contribution in [1.82, 2.24) is 0 Å². The number of anilines is 1. The van der Waals surface area contributed by atoms with Gasteiger partial charge in [-0.25, -0.2) is 0 Å². The van der Waals surface area contributed by atoms with Crippen molar-refractivity contribution in [3.63, 3.8) is 0 Å². The van der Waals surface area contributed by atoms with Crippen LogP contribution < -0.4 is 5.32 Å². The Bertz CT molecular complexity index is 757.